The molecule has 0 aliphatic heterocycles. The predicted molar refractivity (Wildman–Crippen MR) is 132 cm³/mol. The number of halogens is 1. The van der Waals surface area contributed by atoms with E-state index in [1.165, 1.54) is 25.3 Å². The topological polar surface area (TPSA) is 88.7 Å². The van der Waals surface area contributed by atoms with Crippen LogP contribution in [0.15, 0.2) is 53.5 Å². The third-order valence-corrected chi connectivity index (χ3v) is 5.42. The van der Waals surface area contributed by atoms with Crippen molar-refractivity contribution in [2.24, 2.45) is 0 Å². The Hall–Kier alpha value is -3.94. The maximum absolute atomic E-state index is 15.2. The van der Waals surface area contributed by atoms with Crippen molar-refractivity contribution in [3.8, 4) is 11.1 Å². The third kappa shape index (κ3) is 5.77. The lowest BCUT2D eigenvalue weighted by atomic mass is 9.99. The van der Waals surface area contributed by atoms with Gasteiger partial charge in [0, 0.05) is 23.0 Å². The molecule has 7 nitrogen and oxygen atoms in total. The zero-order chi connectivity index (χ0) is 25.9. The summed E-state index contributed by atoms with van der Waals surface area (Å²) in [6, 6.07) is 11.0. The molecule has 1 aromatic heterocycles. The zero-order valence-corrected chi connectivity index (χ0v) is 20.7. The molecular formula is C27H29FN2O5. The number of hydrogen-bond acceptors (Lipinski definition) is 5. The smallest absolute Gasteiger partial charge is 0.415 e. The van der Waals surface area contributed by atoms with Crippen molar-refractivity contribution in [1.29, 1.82) is 0 Å². The number of H-pyrrole nitrogens is 1. The fraction of sp³-hybridized carbons (Fsp3) is 0.296. The van der Waals surface area contributed by atoms with Gasteiger partial charge >= 0.3 is 12.1 Å². The molecule has 8 heteroatoms. The van der Waals surface area contributed by atoms with E-state index in [-0.39, 0.29) is 17.7 Å². The Morgan fingerprint density at radius 2 is 1.77 bits per heavy atom. The summed E-state index contributed by atoms with van der Waals surface area (Å²) in [6.45, 7) is 8.33. The van der Waals surface area contributed by atoms with Crippen LogP contribution >= 0.6 is 0 Å². The van der Waals surface area contributed by atoms with Crippen molar-refractivity contribution in [2.45, 2.75) is 46.8 Å². The number of nitrogens with one attached hydrogen (secondary N) is 1. The minimum Gasteiger partial charge on any atom is -0.465 e. The van der Waals surface area contributed by atoms with E-state index in [9.17, 15) is 14.4 Å². The van der Waals surface area contributed by atoms with Crippen molar-refractivity contribution >= 4 is 17.7 Å². The van der Waals surface area contributed by atoms with Gasteiger partial charge in [0.25, 0.3) is 0 Å². The van der Waals surface area contributed by atoms with Gasteiger partial charge in [-0.25, -0.2) is 14.0 Å². The van der Waals surface area contributed by atoms with E-state index in [2.05, 4.69) is 4.98 Å². The van der Waals surface area contributed by atoms with Crippen molar-refractivity contribution in [3.05, 3.63) is 87.1 Å². The number of pyridine rings is 1. The average molecular weight is 481 g/mol. The molecule has 0 spiro atoms. The number of nitrogens with zero attached hydrogens (tertiary/aromatic N) is 1. The number of hydrogen-bond donors (Lipinski definition) is 1. The molecule has 0 aliphatic rings. The van der Waals surface area contributed by atoms with Crippen LogP contribution in [-0.4, -0.2) is 29.8 Å². The number of amides is 1. The van der Waals surface area contributed by atoms with Gasteiger partial charge in [-0.2, -0.15) is 0 Å². The highest BCUT2D eigenvalue weighted by Crippen LogP contribution is 2.32. The molecule has 0 unspecified atom stereocenters. The van der Waals surface area contributed by atoms with Crippen LogP contribution in [0.2, 0.25) is 0 Å². The first kappa shape index (κ1) is 25.7. The molecule has 0 atom stereocenters. The number of carbonyl (C=O) groups excluding carboxylic acids is 2. The van der Waals surface area contributed by atoms with Crippen molar-refractivity contribution < 1.29 is 23.5 Å². The Balaban J connectivity index is 2.16. The molecule has 35 heavy (non-hydrogen) atoms. The predicted octanol–water partition coefficient (Wildman–Crippen LogP) is 5.53. The lowest BCUT2D eigenvalue weighted by molar-refractivity contribution is 0.0572. The number of aromatic nitrogens is 1. The molecule has 1 heterocycles. The van der Waals surface area contributed by atoms with E-state index in [1.807, 2.05) is 0 Å². The summed E-state index contributed by atoms with van der Waals surface area (Å²) in [6.07, 6.45) is 0.771. The second-order valence-electron chi connectivity index (χ2n) is 9.17. The van der Waals surface area contributed by atoms with Crippen LogP contribution in [-0.2, 0) is 16.0 Å². The second-order valence-corrected chi connectivity index (χ2v) is 9.17. The van der Waals surface area contributed by atoms with Gasteiger partial charge in [0.05, 0.1) is 24.9 Å². The van der Waals surface area contributed by atoms with Crippen LogP contribution in [0.3, 0.4) is 0 Å². The number of aryl methyl sites for hydroxylation is 1. The molecule has 184 valence electrons. The fourth-order valence-corrected chi connectivity index (χ4v) is 3.60. The van der Waals surface area contributed by atoms with E-state index < -0.39 is 23.5 Å². The quantitative estimate of drug-likeness (QED) is 0.486. The second kappa shape index (κ2) is 10.1. The standard InChI is InChI=1S/C27H29FN2O5/c1-16-14-29-22(17(2)24(16)31)15-30(26(33)35-27(3,4)5)23-13-18(11-12-21(23)28)19-9-7-8-10-20(19)25(32)34-6/h7-14H,15H2,1-6H3,(H,29,31). The summed E-state index contributed by atoms with van der Waals surface area (Å²) >= 11 is 0. The molecular weight excluding hydrogens is 451 g/mol. The minimum atomic E-state index is -0.837. The molecule has 2 aromatic carbocycles. The molecule has 0 bridgehead atoms. The van der Waals surface area contributed by atoms with Crippen molar-refractivity contribution in [3.63, 3.8) is 0 Å². The number of methoxy groups -OCH3 is 1. The summed E-state index contributed by atoms with van der Waals surface area (Å²) < 4.78 is 25.6. The lowest BCUT2D eigenvalue weighted by Gasteiger charge is -2.28. The van der Waals surface area contributed by atoms with Crippen LogP contribution in [0.1, 0.15) is 48.0 Å². The number of esters is 1. The van der Waals surface area contributed by atoms with Gasteiger partial charge < -0.3 is 14.5 Å². The van der Waals surface area contributed by atoms with Gasteiger partial charge in [0.1, 0.15) is 11.4 Å². The molecule has 0 saturated carbocycles. The molecule has 0 fully saturated rings. The van der Waals surface area contributed by atoms with E-state index in [0.717, 1.165) is 4.90 Å². The van der Waals surface area contributed by atoms with Gasteiger partial charge in [-0.3, -0.25) is 9.69 Å². The van der Waals surface area contributed by atoms with Crippen molar-refractivity contribution in [1.82, 2.24) is 4.98 Å². The fourth-order valence-electron chi connectivity index (χ4n) is 3.60. The maximum Gasteiger partial charge on any atom is 0.415 e. The monoisotopic (exact) mass is 480 g/mol. The molecule has 0 saturated heterocycles. The largest absolute Gasteiger partial charge is 0.465 e. The van der Waals surface area contributed by atoms with E-state index in [1.54, 1.807) is 65.1 Å². The van der Waals surface area contributed by atoms with Crippen LogP contribution in [0.25, 0.3) is 11.1 Å². The third-order valence-electron chi connectivity index (χ3n) is 5.42. The summed E-state index contributed by atoms with van der Waals surface area (Å²) in [7, 11) is 1.28. The zero-order valence-electron chi connectivity index (χ0n) is 20.7. The summed E-state index contributed by atoms with van der Waals surface area (Å²) in [4.78, 5) is 42.1. The summed E-state index contributed by atoms with van der Waals surface area (Å²) in [5.74, 6) is -1.20. The molecule has 1 amide bonds. The number of rotatable bonds is 5. The van der Waals surface area contributed by atoms with Gasteiger partial charge in [-0.1, -0.05) is 24.3 Å². The normalized spacial score (nSPS) is 11.2. The Bertz CT molecular complexity index is 1320. The Morgan fingerprint density at radius 3 is 2.43 bits per heavy atom. The van der Waals surface area contributed by atoms with Crippen molar-refractivity contribution in [2.75, 3.05) is 12.0 Å². The molecule has 3 rings (SSSR count). The van der Waals surface area contributed by atoms with E-state index >= 15 is 4.39 Å². The Labute approximate surface area is 203 Å². The first-order valence-corrected chi connectivity index (χ1v) is 11.1. The summed E-state index contributed by atoms with van der Waals surface area (Å²) in [5.41, 5.74) is 1.67. The Morgan fingerprint density at radius 1 is 1.09 bits per heavy atom. The molecule has 1 N–H and O–H groups in total. The van der Waals surface area contributed by atoms with Gasteiger partial charge in [0.2, 0.25) is 0 Å². The SMILES string of the molecule is COC(=O)c1ccccc1-c1ccc(F)c(N(Cc2[nH]cc(C)c(=O)c2C)C(=O)OC(C)(C)C)c1. The number of aromatic amines is 1. The van der Waals surface area contributed by atoms with Gasteiger partial charge in [-0.05, 0) is 63.9 Å². The number of benzene rings is 2. The number of ether oxygens (including phenoxy) is 2. The highest BCUT2D eigenvalue weighted by molar-refractivity contribution is 5.98. The molecule has 0 aliphatic carbocycles. The molecule has 0 radical (unpaired) electrons. The van der Waals surface area contributed by atoms with Gasteiger partial charge in [-0.15, -0.1) is 0 Å². The lowest BCUT2D eigenvalue weighted by Crippen LogP contribution is -2.37. The maximum atomic E-state index is 15.2. The van der Waals surface area contributed by atoms with E-state index in [0.29, 0.717) is 33.5 Å². The van der Waals surface area contributed by atoms with Crippen LogP contribution in [0.5, 0.6) is 0 Å². The minimum absolute atomic E-state index is 0.0581. The summed E-state index contributed by atoms with van der Waals surface area (Å²) in [5, 5.41) is 0. The average Bonchev–Trinajstić information content (AvgIpc) is 2.81. The molecule has 3 aromatic rings. The Kier molecular flexibility index (Phi) is 7.43. The van der Waals surface area contributed by atoms with Crippen LogP contribution in [0.4, 0.5) is 14.9 Å². The highest BCUT2D eigenvalue weighted by Gasteiger charge is 2.27. The van der Waals surface area contributed by atoms with Crippen LogP contribution in [0, 0.1) is 19.7 Å². The number of anilines is 1. The van der Waals surface area contributed by atoms with Gasteiger partial charge in [0.15, 0.2) is 5.43 Å². The van der Waals surface area contributed by atoms with E-state index in [4.69, 9.17) is 9.47 Å². The van der Waals surface area contributed by atoms with Crippen LogP contribution < -0.4 is 10.3 Å². The highest BCUT2D eigenvalue weighted by atomic mass is 19.1. The first-order valence-electron chi connectivity index (χ1n) is 11.1. The number of carbonyl (C=O) groups is 2. The first-order chi connectivity index (χ1) is 16.4.